The number of amides is 1. The maximum Gasteiger partial charge on any atom is 0.337 e. The van der Waals surface area contributed by atoms with E-state index in [-0.39, 0.29) is 0 Å². The summed E-state index contributed by atoms with van der Waals surface area (Å²) in [7, 11) is -0.595. The molecule has 8 heavy (non-hydrogen) atoms. The Morgan fingerprint density at radius 1 is 1.88 bits per heavy atom. The van der Waals surface area contributed by atoms with E-state index in [1.807, 2.05) is 0 Å². The number of primary amides is 1. The van der Waals surface area contributed by atoms with Gasteiger partial charge in [0, 0.05) is 6.42 Å². The lowest BCUT2D eigenvalue weighted by Crippen LogP contribution is -2.22. The Kier molecular flexibility index (Phi) is 3.37. The van der Waals surface area contributed by atoms with Gasteiger partial charge in [0.25, 0.3) is 5.91 Å². The molecule has 0 bridgehead atoms. The summed E-state index contributed by atoms with van der Waals surface area (Å²) < 4.78 is 10.0. The molecular formula is C4H9NO2P+. The number of rotatable bonds is 3. The summed E-state index contributed by atoms with van der Waals surface area (Å²) in [5.74, 6) is -0.471. The van der Waals surface area contributed by atoms with Crippen LogP contribution in [0.1, 0.15) is 13.3 Å². The van der Waals surface area contributed by atoms with Crippen molar-refractivity contribution in [3.63, 3.8) is 0 Å². The summed E-state index contributed by atoms with van der Waals surface area (Å²) in [5.41, 5.74) is 4.39. The van der Waals surface area contributed by atoms with Gasteiger partial charge in [-0.15, -0.1) is 0 Å². The average Bonchev–Trinajstić information content (AvgIpc) is 1.69. The Hall–Kier alpha value is -0.430. The molecular weight excluding hydrogens is 125 g/mol. The van der Waals surface area contributed by atoms with Crippen LogP contribution in [-0.2, 0) is 9.36 Å². The zero-order valence-electron chi connectivity index (χ0n) is 4.68. The van der Waals surface area contributed by atoms with Gasteiger partial charge >= 0.3 is 8.46 Å². The fourth-order valence-corrected chi connectivity index (χ4v) is 0.625. The maximum absolute atomic E-state index is 10.2. The molecule has 0 aliphatic rings. The van der Waals surface area contributed by atoms with E-state index in [1.165, 1.54) is 0 Å². The Balaban J connectivity index is 3.69. The lowest BCUT2D eigenvalue weighted by Gasteiger charge is -1.88. The lowest BCUT2D eigenvalue weighted by molar-refractivity contribution is -0.117. The zero-order valence-corrected chi connectivity index (χ0v) is 5.68. The monoisotopic (exact) mass is 134 g/mol. The summed E-state index contributed by atoms with van der Waals surface area (Å²) in [5, 5.41) is 0. The highest BCUT2D eigenvalue weighted by Crippen LogP contribution is 2.08. The van der Waals surface area contributed by atoms with Crippen molar-refractivity contribution < 1.29 is 9.36 Å². The van der Waals surface area contributed by atoms with Gasteiger partial charge in [0.2, 0.25) is 5.66 Å². The summed E-state index contributed by atoms with van der Waals surface area (Å²) in [6.07, 6.45) is 0.567. The van der Waals surface area contributed by atoms with Crippen molar-refractivity contribution in [2.45, 2.75) is 19.0 Å². The average molecular weight is 134 g/mol. The van der Waals surface area contributed by atoms with Crippen LogP contribution in [0.25, 0.3) is 0 Å². The van der Waals surface area contributed by atoms with Crippen LogP contribution in [0.3, 0.4) is 0 Å². The Labute approximate surface area is 49.5 Å². The summed E-state index contributed by atoms with van der Waals surface area (Å²) in [4.78, 5) is 10.2. The second-order valence-corrected chi connectivity index (χ2v) is 2.41. The molecule has 0 heterocycles. The first-order valence-electron chi connectivity index (χ1n) is 2.39. The molecule has 4 heteroatoms. The first-order chi connectivity index (χ1) is 3.72. The molecule has 2 atom stereocenters. The Morgan fingerprint density at radius 3 is 2.38 bits per heavy atom. The summed E-state index contributed by atoms with van der Waals surface area (Å²) >= 11 is 0. The molecule has 0 aliphatic heterocycles. The van der Waals surface area contributed by atoms with Crippen molar-refractivity contribution >= 4 is 14.4 Å². The number of nitrogens with two attached hydrogens (primary N) is 1. The normalized spacial score (nSPS) is 13.6. The van der Waals surface area contributed by atoms with E-state index in [4.69, 9.17) is 5.73 Å². The number of carbonyl (C=O) groups excluding carboxylic acids is 1. The molecule has 0 aromatic carbocycles. The quantitative estimate of drug-likeness (QED) is 0.563. The van der Waals surface area contributed by atoms with E-state index >= 15 is 0 Å². The van der Waals surface area contributed by atoms with Gasteiger partial charge in [-0.25, -0.2) is 0 Å². The van der Waals surface area contributed by atoms with Crippen LogP contribution in [0.15, 0.2) is 0 Å². The van der Waals surface area contributed by atoms with Crippen LogP contribution in [0.2, 0.25) is 0 Å². The first kappa shape index (κ1) is 7.57. The fourth-order valence-electron chi connectivity index (χ4n) is 0.343. The van der Waals surface area contributed by atoms with Gasteiger partial charge < -0.3 is 5.73 Å². The fraction of sp³-hybridized carbons (Fsp3) is 0.750. The minimum absolute atomic E-state index is 0.435. The minimum atomic E-state index is -0.595. The zero-order chi connectivity index (χ0) is 6.57. The molecule has 0 aliphatic carbocycles. The van der Waals surface area contributed by atoms with Crippen LogP contribution >= 0.6 is 8.46 Å². The van der Waals surface area contributed by atoms with Crippen LogP contribution in [0, 0.1) is 0 Å². The number of carbonyl (C=O) groups is 1. The topological polar surface area (TPSA) is 60.2 Å². The smallest absolute Gasteiger partial charge is 0.337 e. The van der Waals surface area contributed by atoms with E-state index in [0.717, 1.165) is 0 Å². The van der Waals surface area contributed by atoms with Crippen LogP contribution in [0.4, 0.5) is 0 Å². The molecule has 0 saturated carbocycles. The van der Waals surface area contributed by atoms with Gasteiger partial charge in [0.1, 0.15) is 0 Å². The van der Waals surface area contributed by atoms with Crippen molar-refractivity contribution in [2.24, 2.45) is 5.73 Å². The molecule has 2 unspecified atom stereocenters. The van der Waals surface area contributed by atoms with Crippen LogP contribution in [0.5, 0.6) is 0 Å². The molecule has 0 fully saturated rings. The van der Waals surface area contributed by atoms with Crippen molar-refractivity contribution in [1.29, 1.82) is 0 Å². The molecule has 0 saturated heterocycles. The molecule has 0 aromatic heterocycles. The van der Waals surface area contributed by atoms with E-state index in [0.29, 0.717) is 6.42 Å². The van der Waals surface area contributed by atoms with Crippen molar-refractivity contribution in [2.75, 3.05) is 0 Å². The van der Waals surface area contributed by atoms with Gasteiger partial charge in [0.05, 0.1) is 0 Å². The molecule has 2 N–H and O–H groups in total. The van der Waals surface area contributed by atoms with Crippen molar-refractivity contribution in [1.82, 2.24) is 0 Å². The number of hydrogen-bond acceptors (Lipinski definition) is 2. The molecule has 0 spiro atoms. The molecule has 0 aromatic rings. The van der Waals surface area contributed by atoms with Crippen LogP contribution in [-0.4, -0.2) is 11.6 Å². The highest BCUT2D eigenvalue weighted by atomic mass is 31.1. The molecule has 0 rings (SSSR count). The predicted octanol–water partition coefficient (Wildman–Crippen LogP) is 0.274. The van der Waals surface area contributed by atoms with E-state index in [2.05, 4.69) is 0 Å². The van der Waals surface area contributed by atoms with Gasteiger partial charge in [-0.3, -0.25) is 4.79 Å². The third kappa shape index (κ3) is 2.03. The lowest BCUT2D eigenvalue weighted by atomic mass is 10.3. The van der Waals surface area contributed by atoms with Gasteiger partial charge in [-0.1, -0.05) is 11.5 Å². The SMILES string of the molecule is CCC([PH+]=O)C(N)=O. The largest absolute Gasteiger partial charge is 0.366 e. The second kappa shape index (κ2) is 3.56. The van der Waals surface area contributed by atoms with Gasteiger partial charge in [-0.2, -0.15) is 0 Å². The summed E-state index contributed by atoms with van der Waals surface area (Å²) in [6, 6.07) is 0. The van der Waals surface area contributed by atoms with E-state index in [9.17, 15) is 9.36 Å². The van der Waals surface area contributed by atoms with Gasteiger partial charge in [0.15, 0.2) is 0 Å². The standard InChI is InChI=1S/C4H8NO2P/c1-2-3(8-7)4(5)6/h3H,2H2,1H3,(H2,5,6)/p+1. The molecule has 1 amide bonds. The molecule has 46 valence electrons. The Morgan fingerprint density at radius 2 is 2.38 bits per heavy atom. The highest BCUT2D eigenvalue weighted by Gasteiger charge is 2.18. The highest BCUT2D eigenvalue weighted by molar-refractivity contribution is 7.26. The van der Waals surface area contributed by atoms with E-state index < -0.39 is 20.0 Å². The summed E-state index contributed by atoms with van der Waals surface area (Å²) in [6.45, 7) is 1.78. The third-order valence-electron chi connectivity index (χ3n) is 0.894. The third-order valence-corrected chi connectivity index (χ3v) is 1.87. The minimum Gasteiger partial charge on any atom is -0.366 e. The van der Waals surface area contributed by atoms with Crippen molar-refractivity contribution in [3.8, 4) is 0 Å². The number of hydrogen-bond donors (Lipinski definition) is 1. The Bertz CT molecular complexity index is 104. The van der Waals surface area contributed by atoms with Crippen molar-refractivity contribution in [3.05, 3.63) is 0 Å². The van der Waals surface area contributed by atoms with E-state index in [1.54, 1.807) is 6.92 Å². The van der Waals surface area contributed by atoms with Crippen LogP contribution < -0.4 is 5.73 Å². The van der Waals surface area contributed by atoms with Gasteiger partial charge in [-0.05, 0) is 0 Å². The second-order valence-electron chi connectivity index (χ2n) is 1.48. The predicted molar refractivity (Wildman–Crippen MR) is 32.3 cm³/mol. The maximum atomic E-state index is 10.2. The first-order valence-corrected chi connectivity index (χ1v) is 3.38. The molecule has 3 nitrogen and oxygen atoms in total. The molecule has 0 radical (unpaired) electrons.